The number of nitrogens with zero attached hydrogens (tertiary/aromatic N) is 1. The molecule has 1 N–H and O–H groups in total. The summed E-state index contributed by atoms with van der Waals surface area (Å²) >= 11 is 0. The predicted molar refractivity (Wildman–Crippen MR) is 124 cm³/mol. The smallest absolute Gasteiger partial charge is 0.226 e. The number of amides is 1. The Morgan fingerprint density at radius 2 is 1.45 bits per heavy atom. The highest BCUT2D eigenvalue weighted by atomic mass is 16.2. The van der Waals surface area contributed by atoms with Gasteiger partial charge < -0.3 is 5.32 Å². The van der Waals surface area contributed by atoms with Crippen LogP contribution in [0, 0.1) is 17.3 Å². The van der Waals surface area contributed by atoms with Gasteiger partial charge in [0.1, 0.15) is 0 Å². The lowest BCUT2D eigenvalue weighted by Gasteiger charge is -2.54. The summed E-state index contributed by atoms with van der Waals surface area (Å²) in [6, 6.07) is 22.5. The molecular weight excluding hydrogens is 380 g/mol. The molecule has 5 fully saturated rings. The lowest BCUT2D eigenvalue weighted by atomic mass is 9.70. The zero-order valence-corrected chi connectivity index (χ0v) is 18.4. The fourth-order valence-electron chi connectivity index (χ4n) is 7.43. The highest BCUT2D eigenvalue weighted by molar-refractivity contribution is 5.84. The normalized spacial score (nSPS) is 36.1. The van der Waals surface area contributed by atoms with Gasteiger partial charge in [-0.1, -0.05) is 60.7 Å². The van der Waals surface area contributed by atoms with Crippen molar-refractivity contribution in [2.24, 2.45) is 17.3 Å². The van der Waals surface area contributed by atoms with E-state index in [0.717, 1.165) is 38.3 Å². The summed E-state index contributed by atoms with van der Waals surface area (Å²) in [5.74, 6) is 2.06. The zero-order valence-electron chi connectivity index (χ0n) is 18.4. The van der Waals surface area contributed by atoms with Crippen LogP contribution < -0.4 is 5.32 Å². The average Bonchev–Trinajstić information content (AvgIpc) is 3.45. The van der Waals surface area contributed by atoms with Crippen LogP contribution in [0.15, 0.2) is 60.7 Å². The molecule has 2 saturated carbocycles. The summed E-state index contributed by atoms with van der Waals surface area (Å²) in [6.45, 7) is 2.32. The topological polar surface area (TPSA) is 32.3 Å². The number of hydrogen-bond donors (Lipinski definition) is 1. The zero-order chi connectivity index (χ0) is 20.8. The summed E-state index contributed by atoms with van der Waals surface area (Å²) in [6.07, 6.45) is 8.29. The minimum atomic E-state index is -0.0593. The number of piperidine rings is 3. The van der Waals surface area contributed by atoms with E-state index in [1.165, 1.54) is 36.8 Å². The summed E-state index contributed by atoms with van der Waals surface area (Å²) in [4.78, 5) is 16.4. The Bertz CT molecular complexity index is 871. The molecule has 3 saturated heterocycles. The van der Waals surface area contributed by atoms with Crippen LogP contribution in [0.25, 0.3) is 0 Å². The molecule has 162 valence electrons. The minimum absolute atomic E-state index is 0.0593. The van der Waals surface area contributed by atoms with Crippen LogP contribution >= 0.6 is 0 Å². The van der Waals surface area contributed by atoms with E-state index in [-0.39, 0.29) is 17.4 Å². The lowest BCUT2D eigenvalue weighted by molar-refractivity contribution is -0.134. The van der Waals surface area contributed by atoms with E-state index >= 15 is 0 Å². The molecule has 2 aromatic carbocycles. The van der Waals surface area contributed by atoms with Crippen LogP contribution in [0.2, 0.25) is 0 Å². The molecule has 2 atom stereocenters. The number of fused-ring (bicyclic) bond motifs is 5. The Balaban J connectivity index is 1.36. The van der Waals surface area contributed by atoms with Crippen molar-refractivity contribution in [3.63, 3.8) is 0 Å². The van der Waals surface area contributed by atoms with Crippen molar-refractivity contribution in [1.82, 2.24) is 10.2 Å². The van der Waals surface area contributed by atoms with Gasteiger partial charge >= 0.3 is 0 Å². The molecule has 2 aliphatic carbocycles. The summed E-state index contributed by atoms with van der Waals surface area (Å²) in [5.41, 5.74) is 2.67. The van der Waals surface area contributed by atoms with Gasteiger partial charge in [-0.15, -0.1) is 0 Å². The molecule has 5 aliphatic rings. The highest BCUT2D eigenvalue weighted by Gasteiger charge is 2.53. The molecule has 3 nitrogen and oxygen atoms in total. The molecule has 7 rings (SSSR count). The van der Waals surface area contributed by atoms with E-state index in [1.54, 1.807) is 0 Å². The minimum Gasteiger partial charge on any atom is -0.351 e. The molecule has 2 aromatic rings. The lowest BCUT2D eigenvalue weighted by Crippen LogP contribution is -2.66. The number of benzene rings is 2. The Hall–Kier alpha value is -2.13. The van der Waals surface area contributed by atoms with Crippen LogP contribution in [-0.2, 0) is 4.79 Å². The predicted octanol–water partition coefficient (Wildman–Crippen LogP) is 4.98. The standard InChI is InChI=1S/C28H34N2O/c31-27(28-15-11-20(19-28)12-16-28)29-25-23-13-17-30(18-14-23)26(25)24(21-7-3-1-4-8-21)22-9-5-2-6-10-22/h1-10,20,23-26H,11-19H2,(H,29,31). The Labute approximate surface area is 186 Å². The summed E-state index contributed by atoms with van der Waals surface area (Å²) in [5, 5.41) is 3.70. The average molecular weight is 415 g/mol. The van der Waals surface area contributed by atoms with E-state index < -0.39 is 0 Å². The highest BCUT2D eigenvalue weighted by Crippen LogP contribution is 2.54. The van der Waals surface area contributed by atoms with Crippen molar-refractivity contribution >= 4 is 5.91 Å². The number of carbonyl (C=O) groups excluding carboxylic acids is 1. The molecule has 31 heavy (non-hydrogen) atoms. The van der Waals surface area contributed by atoms with E-state index in [2.05, 4.69) is 70.9 Å². The number of rotatable bonds is 5. The van der Waals surface area contributed by atoms with Gasteiger partial charge in [-0.3, -0.25) is 9.69 Å². The first kappa shape index (κ1) is 19.5. The first-order chi connectivity index (χ1) is 15.2. The quantitative estimate of drug-likeness (QED) is 0.749. The fraction of sp³-hybridized carbons (Fsp3) is 0.536. The van der Waals surface area contributed by atoms with Crippen molar-refractivity contribution < 1.29 is 4.79 Å². The van der Waals surface area contributed by atoms with Gasteiger partial charge in [-0.05, 0) is 81.0 Å². The van der Waals surface area contributed by atoms with Crippen molar-refractivity contribution in [2.45, 2.75) is 62.9 Å². The second-order valence-electron chi connectivity index (χ2n) is 10.6. The molecular formula is C28H34N2O. The van der Waals surface area contributed by atoms with Gasteiger partial charge in [0, 0.05) is 23.4 Å². The molecule has 0 spiro atoms. The van der Waals surface area contributed by atoms with Crippen molar-refractivity contribution in [1.29, 1.82) is 0 Å². The number of nitrogens with one attached hydrogen (secondary N) is 1. The third-order valence-corrected chi connectivity index (χ3v) is 9.05. The fourth-order valence-corrected chi connectivity index (χ4v) is 7.43. The summed E-state index contributed by atoms with van der Waals surface area (Å²) in [7, 11) is 0. The Kier molecular flexibility index (Phi) is 4.90. The Morgan fingerprint density at radius 1 is 0.871 bits per heavy atom. The van der Waals surface area contributed by atoms with Gasteiger partial charge in [0.05, 0.1) is 0 Å². The third-order valence-electron chi connectivity index (χ3n) is 9.05. The maximum absolute atomic E-state index is 13.7. The third kappa shape index (κ3) is 3.33. The van der Waals surface area contributed by atoms with E-state index in [0.29, 0.717) is 17.9 Å². The van der Waals surface area contributed by atoms with Gasteiger partial charge in [0.15, 0.2) is 0 Å². The van der Waals surface area contributed by atoms with Crippen LogP contribution in [0.4, 0.5) is 0 Å². The second-order valence-corrected chi connectivity index (χ2v) is 10.6. The Morgan fingerprint density at radius 3 is 1.97 bits per heavy atom. The van der Waals surface area contributed by atoms with Gasteiger partial charge in [-0.25, -0.2) is 0 Å². The molecule has 2 unspecified atom stereocenters. The first-order valence-corrected chi connectivity index (χ1v) is 12.4. The SMILES string of the molecule is O=C(NC1C2CCN(CC2)C1C(c1ccccc1)c1ccccc1)C12CCC(CC1)C2. The molecule has 0 radical (unpaired) electrons. The van der Waals surface area contributed by atoms with Crippen LogP contribution in [0.3, 0.4) is 0 Å². The molecule has 3 heterocycles. The summed E-state index contributed by atoms with van der Waals surface area (Å²) < 4.78 is 0. The number of carbonyl (C=O) groups is 1. The molecule has 0 aromatic heterocycles. The van der Waals surface area contributed by atoms with Crippen molar-refractivity contribution in [3.05, 3.63) is 71.8 Å². The molecule has 3 aliphatic heterocycles. The molecule has 1 amide bonds. The molecule has 4 bridgehead atoms. The van der Waals surface area contributed by atoms with Gasteiger partial charge in [0.25, 0.3) is 0 Å². The monoisotopic (exact) mass is 414 g/mol. The van der Waals surface area contributed by atoms with Crippen LogP contribution in [0.1, 0.15) is 62.0 Å². The van der Waals surface area contributed by atoms with E-state index in [9.17, 15) is 4.79 Å². The van der Waals surface area contributed by atoms with Crippen LogP contribution in [0.5, 0.6) is 0 Å². The van der Waals surface area contributed by atoms with Crippen molar-refractivity contribution in [2.75, 3.05) is 13.1 Å². The first-order valence-electron chi connectivity index (χ1n) is 12.4. The molecule has 3 heteroatoms. The largest absolute Gasteiger partial charge is 0.351 e. The number of hydrogen-bond acceptors (Lipinski definition) is 2. The van der Waals surface area contributed by atoms with Crippen LogP contribution in [-0.4, -0.2) is 36.0 Å². The second kappa shape index (κ2) is 7.78. The van der Waals surface area contributed by atoms with Gasteiger partial charge in [0.2, 0.25) is 5.91 Å². The van der Waals surface area contributed by atoms with Gasteiger partial charge in [-0.2, -0.15) is 0 Å². The maximum Gasteiger partial charge on any atom is 0.226 e. The maximum atomic E-state index is 13.7. The van der Waals surface area contributed by atoms with E-state index in [1.807, 2.05) is 0 Å². The van der Waals surface area contributed by atoms with Crippen molar-refractivity contribution in [3.8, 4) is 0 Å². The van der Waals surface area contributed by atoms with E-state index in [4.69, 9.17) is 0 Å².